The second kappa shape index (κ2) is 5.87. The number of carbonyl (C=O) groups is 1. The number of nitrogens with zero attached hydrogens (tertiary/aromatic N) is 1. The number of amides is 1. The number of hydrogen-bond acceptors (Lipinski definition) is 1. The van der Waals surface area contributed by atoms with Crippen molar-refractivity contribution in [3.63, 3.8) is 0 Å². The van der Waals surface area contributed by atoms with Gasteiger partial charge in [0.05, 0.1) is 6.42 Å². The quantitative estimate of drug-likeness (QED) is 0.785. The van der Waals surface area contributed by atoms with Crippen molar-refractivity contribution >= 4 is 33.4 Å². The van der Waals surface area contributed by atoms with Crippen LogP contribution in [0.2, 0.25) is 5.02 Å². The fourth-order valence-corrected chi connectivity index (χ4v) is 2.73. The van der Waals surface area contributed by atoms with E-state index >= 15 is 0 Å². The summed E-state index contributed by atoms with van der Waals surface area (Å²) in [5.41, 5.74) is 1.03. The summed E-state index contributed by atoms with van der Waals surface area (Å²) in [6.45, 7) is 1.78. The topological polar surface area (TPSA) is 20.3 Å². The van der Waals surface area contributed by atoms with Gasteiger partial charge < -0.3 is 4.90 Å². The fraction of sp³-hybridized carbons (Fsp3) is 0.462. The number of likely N-dealkylation sites (tertiary alicyclic amines) is 1. The molecule has 1 aromatic rings. The zero-order chi connectivity index (χ0) is 12.3. The van der Waals surface area contributed by atoms with Crippen LogP contribution in [0.1, 0.15) is 12.0 Å². The Bertz CT molecular complexity index is 393. The second-order valence-electron chi connectivity index (χ2n) is 4.45. The number of alkyl halides is 1. The lowest BCUT2D eigenvalue weighted by molar-refractivity contribution is -0.129. The van der Waals surface area contributed by atoms with Gasteiger partial charge in [0.15, 0.2) is 0 Å². The van der Waals surface area contributed by atoms with Crippen LogP contribution in [0, 0.1) is 5.92 Å². The van der Waals surface area contributed by atoms with Crippen LogP contribution in [0.15, 0.2) is 24.3 Å². The number of benzene rings is 1. The Hall–Kier alpha value is -0.540. The van der Waals surface area contributed by atoms with Gasteiger partial charge in [-0.3, -0.25) is 4.79 Å². The molecule has 1 atom stereocenters. The highest BCUT2D eigenvalue weighted by Crippen LogP contribution is 2.19. The Morgan fingerprint density at radius 2 is 2.12 bits per heavy atom. The molecule has 17 heavy (non-hydrogen) atoms. The van der Waals surface area contributed by atoms with Crippen LogP contribution in [0.5, 0.6) is 0 Å². The van der Waals surface area contributed by atoms with E-state index in [4.69, 9.17) is 11.6 Å². The van der Waals surface area contributed by atoms with E-state index in [9.17, 15) is 4.79 Å². The third kappa shape index (κ3) is 3.46. The molecule has 1 fully saturated rings. The maximum Gasteiger partial charge on any atom is 0.226 e. The molecule has 1 saturated heterocycles. The smallest absolute Gasteiger partial charge is 0.226 e. The predicted molar refractivity (Wildman–Crippen MR) is 73.6 cm³/mol. The van der Waals surface area contributed by atoms with Gasteiger partial charge >= 0.3 is 0 Å². The van der Waals surface area contributed by atoms with Crippen molar-refractivity contribution in [1.29, 1.82) is 0 Å². The zero-order valence-electron chi connectivity index (χ0n) is 9.53. The molecule has 1 aromatic carbocycles. The highest BCUT2D eigenvalue weighted by molar-refractivity contribution is 9.09. The molecule has 0 spiro atoms. The Morgan fingerprint density at radius 3 is 2.71 bits per heavy atom. The van der Waals surface area contributed by atoms with E-state index in [1.165, 1.54) is 0 Å². The minimum absolute atomic E-state index is 0.218. The molecule has 92 valence electrons. The van der Waals surface area contributed by atoms with Gasteiger partial charge in [0.25, 0.3) is 0 Å². The monoisotopic (exact) mass is 315 g/mol. The molecule has 0 saturated carbocycles. The summed E-state index contributed by atoms with van der Waals surface area (Å²) >= 11 is 9.29. The Kier molecular flexibility index (Phi) is 4.46. The Balaban J connectivity index is 1.91. The molecule has 0 bridgehead atoms. The zero-order valence-corrected chi connectivity index (χ0v) is 11.9. The van der Waals surface area contributed by atoms with Gasteiger partial charge in [-0.05, 0) is 30.0 Å². The standard InChI is InChI=1S/C13H15BrClNO/c14-8-11-5-6-16(9-11)13(17)7-10-1-3-12(15)4-2-10/h1-4,11H,5-9H2. The summed E-state index contributed by atoms with van der Waals surface area (Å²) in [6, 6.07) is 7.49. The van der Waals surface area contributed by atoms with E-state index in [0.717, 1.165) is 30.4 Å². The average Bonchev–Trinajstić information content (AvgIpc) is 2.81. The number of carbonyl (C=O) groups excluding carboxylic acids is 1. The van der Waals surface area contributed by atoms with Gasteiger partial charge in [0, 0.05) is 23.4 Å². The Morgan fingerprint density at radius 1 is 1.41 bits per heavy atom. The fourth-order valence-electron chi connectivity index (χ4n) is 2.07. The van der Waals surface area contributed by atoms with Gasteiger partial charge in [-0.15, -0.1) is 0 Å². The molecular weight excluding hydrogens is 302 g/mol. The molecule has 1 heterocycles. The average molecular weight is 317 g/mol. The van der Waals surface area contributed by atoms with Crippen LogP contribution in [0.4, 0.5) is 0 Å². The van der Waals surface area contributed by atoms with Crippen LogP contribution in [0.25, 0.3) is 0 Å². The van der Waals surface area contributed by atoms with Crippen molar-refractivity contribution in [2.75, 3.05) is 18.4 Å². The van der Waals surface area contributed by atoms with Crippen molar-refractivity contribution in [1.82, 2.24) is 4.90 Å². The van der Waals surface area contributed by atoms with E-state index in [1.54, 1.807) is 0 Å². The minimum Gasteiger partial charge on any atom is -0.342 e. The molecule has 4 heteroatoms. The van der Waals surface area contributed by atoms with Crippen LogP contribution in [-0.2, 0) is 11.2 Å². The van der Waals surface area contributed by atoms with Crippen LogP contribution in [-0.4, -0.2) is 29.2 Å². The molecule has 2 rings (SSSR count). The first-order valence-electron chi connectivity index (χ1n) is 5.77. The van der Waals surface area contributed by atoms with E-state index in [2.05, 4.69) is 15.9 Å². The molecule has 0 N–H and O–H groups in total. The van der Waals surface area contributed by atoms with Gasteiger partial charge in [-0.25, -0.2) is 0 Å². The summed E-state index contributed by atoms with van der Waals surface area (Å²) in [6.07, 6.45) is 1.59. The predicted octanol–water partition coefficient (Wildman–Crippen LogP) is 3.13. The molecule has 1 amide bonds. The van der Waals surface area contributed by atoms with Crippen molar-refractivity contribution in [3.8, 4) is 0 Å². The van der Waals surface area contributed by atoms with E-state index in [0.29, 0.717) is 17.4 Å². The number of hydrogen-bond donors (Lipinski definition) is 0. The number of rotatable bonds is 3. The molecule has 1 unspecified atom stereocenters. The second-order valence-corrected chi connectivity index (χ2v) is 5.54. The first kappa shape index (κ1) is 12.9. The van der Waals surface area contributed by atoms with Gasteiger partial charge in [0.2, 0.25) is 5.91 Å². The summed E-state index contributed by atoms with van der Waals surface area (Å²) in [7, 11) is 0. The Labute approximate surface area is 115 Å². The minimum atomic E-state index is 0.218. The van der Waals surface area contributed by atoms with Gasteiger partial charge in [0.1, 0.15) is 0 Å². The third-order valence-corrected chi connectivity index (χ3v) is 4.29. The molecular formula is C13H15BrClNO. The SMILES string of the molecule is O=C(Cc1ccc(Cl)cc1)N1CCC(CBr)C1. The summed E-state index contributed by atoms with van der Waals surface area (Å²) in [5, 5.41) is 1.69. The van der Waals surface area contributed by atoms with Gasteiger partial charge in [-0.1, -0.05) is 39.7 Å². The largest absolute Gasteiger partial charge is 0.342 e. The first-order chi connectivity index (χ1) is 8.19. The van der Waals surface area contributed by atoms with Gasteiger partial charge in [-0.2, -0.15) is 0 Å². The van der Waals surface area contributed by atoms with E-state index in [1.807, 2.05) is 29.2 Å². The molecule has 2 nitrogen and oxygen atoms in total. The summed E-state index contributed by atoms with van der Waals surface area (Å²) in [4.78, 5) is 14.0. The van der Waals surface area contributed by atoms with Crippen molar-refractivity contribution in [2.24, 2.45) is 5.92 Å². The molecule has 0 radical (unpaired) electrons. The molecule has 1 aliphatic heterocycles. The highest BCUT2D eigenvalue weighted by Gasteiger charge is 2.25. The normalized spacial score (nSPS) is 19.6. The summed E-state index contributed by atoms with van der Waals surface area (Å²) < 4.78 is 0. The lowest BCUT2D eigenvalue weighted by Gasteiger charge is -2.16. The lowest BCUT2D eigenvalue weighted by atomic mass is 10.1. The lowest BCUT2D eigenvalue weighted by Crippen LogP contribution is -2.30. The first-order valence-corrected chi connectivity index (χ1v) is 7.27. The maximum absolute atomic E-state index is 12.0. The van der Waals surface area contributed by atoms with E-state index in [-0.39, 0.29) is 5.91 Å². The van der Waals surface area contributed by atoms with Crippen molar-refractivity contribution < 1.29 is 4.79 Å². The van der Waals surface area contributed by atoms with Crippen molar-refractivity contribution in [2.45, 2.75) is 12.8 Å². The summed E-state index contributed by atoms with van der Waals surface area (Å²) in [5.74, 6) is 0.833. The van der Waals surface area contributed by atoms with E-state index < -0.39 is 0 Å². The highest BCUT2D eigenvalue weighted by atomic mass is 79.9. The molecule has 1 aliphatic rings. The molecule has 0 aromatic heterocycles. The van der Waals surface area contributed by atoms with Crippen LogP contribution >= 0.6 is 27.5 Å². The van der Waals surface area contributed by atoms with Crippen LogP contribution < -0.4 is 0 Å². The molecule has 0 aliphatic carbocycles. The van der Waals surface area contributed by atoms with Crippen molar-refractivity contribution in [3.05, 3.63) is 34.9 Å². The van der Waals surface area contributed by atoms with Crippen LogP contribution in [0.3, 0.4) is 0 Å². The third-order valence-electron chi connectivity index (χ3n) is 3.13. The maximum atomic E-state index is 12.0. The number of halogens is 2.